The van der Waals surface area contributed by atoms with Gasteiger partial charge in [-0.15, -0.1) is 0 Å². The van der Waals surface area contributed by atoms with E-state index in [9.17, 15) is 4.79 Å². The lowest BCUT2D eigenvalue weighted by Gasteiger charge is -1.94. The van der Waals surface area contributed by atoms with E-state index in [0.717, 1.165) is 0 Å². The summed E-state index contributed by atoms with van der Waals surface area (Å²) in [6, 6.07) is 1.35. The Hall–Kier alpha value is -1.29. The van der Waals surface area contributed by atoms with Crippen LogP contribution in [0.25, 0.3) is 0 Å². The van der Waals surface area contributed by atoms with Gasteiger partial charge in [0, 0.05) is 18.3 Å². The minimum atomic E-state index is -0.250. The summed E-state index contributed by atoms with van der Waals surface area (Å²) >= 11 is 0. The zero-order valence-electron chi connectivity index (χ0n) is 5.29. The molecule has 10 heavy (non-hydrogen) atoms. The van der Waals surface area contributed by atoms with Crippen LogP contribution in [0.15, 0.2) is 17.1 Å². The number of aromatic amines is 1. The Morgan fingerprint density at radius 1 is 1.70 bits per heavy atom. The van der Waals surface area contributed by atoms with Gasteiger partial charge in [0.2, 0.25) is 0 Å². The number of hydrogen-bond donors (Lipinski definition) is 3. The summed E-state index contributed by atoms with van der Waals surface area (Å²) in [6.07, 6.45) is 1.22. The highest BCUT2D eigenvalue weighted by atomic mass is 16.3. The summed E-state index contributed by atoms with van der Waals surface area (Å²) in [5.74, 6) is 0.0278. The molecule has 54 valence electrons. The van der Waals surface area contributed by atoms with Gasteiger partial charge in [-0.2, -0.15) is 0 Å². The molecule has 0 fully saturated rings. The van der Waals surface area contributed by atoms with Crippen LogP contribution in [-0.4, -0.2) is 10.1 Å². The maximum Gasteiger partial charge on any atom is 0.252 e. The van der Waals surface area contributed by atoms with Crippen molar-refractivity contribution in [3.8, 4) is 5.75 Å². The lowest BCUT2D eigenvalue weighted by atomic mass is 10.3. The average Bonchev–Trinajstić information content (AvgIpc) is 1.94. The Bertz CT molecular complexity index is 279. The Labute approximate surface area is 57.3 Å². The number of rotatable bonds is 1. The smallest absolute Gasteiger partial charge is 0.252 e. The minimum Gasteiger partial charge on any atom is -0.506 e. The summed E-state index contributed by atoms with van der Waals surface area (Å²) in [7, 11) is 0. The van der Waals surface area contributed by atoms with Crippen molar-refractivity contribution >= 4 is 0 Å². The largest absolute Gasteiger partial charge is 0.506 e. The maximum absolute atomic E-state index is 10.8. The van der Waals surface area contributed by atoms with Crippen molar-refractivity contribution in [2.24, 2.45) is 5.73 Å². The van der Waals surface area contributed by atoms with Crippen LogP contribution in [0.4, 0.5) is 0 Å². The number of aromatic nitrogens is 1. The van der Waals surface area contributed by atoms with Crippen molar-refractivity contribution in [2.75, 3.05) is 0 Å². The molecular formula is C6H8N2O2. The van der Waals surface area contributed by atoms with E-state index in [1.54, 1.807) is 0 Å². The molecule has 4 heteroatoms. The standard InChI is InChI=1S/C6H8N2O2/c7-2-4-1-5(9)3-8-6(4)10/h1,3,9H,2,7H2,(H,8,10). The average molecular weight is 140 g/mol. The fourth-order valence-corrected chi connectivity index (χ4v) is 0.670. The van der Waals surface area contributed by atoms with Crippen LogP contribution >= 0.6 is 0 Å². The molecule has 0 atom stereocenters. The Balaban J connectivity index is 3.22. The molecule has 0 saturated heterocycles. The fraction of sp³-hybridized carbons (Fsp3) is 0.167. The lowest BCUT2D eigenvalue weighted by Crippen LogP contribution is -2.14. The van der Waals surface area contributed by atoms with E-state index in [-0.39, 0.29) is 17.9 Å². The molecule has 4 nitrogen and oxygen atoms in total. The van der Waals surface area contributed by atoms with Crippen LogP contribution in [0.3, 0.4) is 0 Å². The second-order valence-corrected chi connectivity index (χ2v) is 1.92. The van der Waals surface area contributed by atoms with Crippen molar-refractivity contribution in [2.45, 2.75) is 6.54 Å². The third-order valence-electron chi connectivity index (χ3n) is 1.18. The second kappa shape index (κ2) is 2.53. The van der Waals surface area contributed by atoms with E-state index in [0.29, 0.717) is 5.56 Å². The zero-order valence-corrected chi connectivity index (χ0v) is 5.29. The van der Waals surface area contributed by atoms with Crippen molar-refractivity contribution in [3.63, 3.8) is 0 Å². The van der Waals surface area contributed by atoms with Crippen LogP contribution in [0.5, 0.6) is 5.75 Å². The van der Waals surface area contributed by atoms with Crippen LogP contribution in [0.1, 0.15) is 5.56 Å². The first-order chi connectivity index (χ1) is 4.74. The summed E-state index contributed by atoms with van der Waals surface area (Å²) in [5, 5.41) is 8.84. The Morgan fingerprint density at radius 3 is 2.90 bits per heavy atom. The molecule has 0 saturated carbocycles. The van der Waals surface area contributed by atoms with E-state index in [2.05, 4.69) is 4.98 Å². The van der Waals surface area contributed by atoms with Gasteiger partial charge >= 0.3 is 0 Å². The van der Waals surface area contributed by atoms with Crippen LogP contribution in [-0.2, 0) is 6.54 Å². The molecule has 0 aliphatic rings. The normalized spacial score (nSPS) is 9.70. The number of hydrogen-bond acceptors (Lipinski definition) is 3. The molecule has 0 radical (unpaired) electrons. The van der Waals surface area contributed by atoms with Gasteiger partial charge in [0.15, 0.2) is 0 Å². The van der Waals surface area contributed by atoms with Gasteiger partial charge < -0.3 is 15.8 Å². The summed E-state index contributed by atoms with van der Waals surface area (Å²) < 4.78 is 0. The highest BCUT2D eigenvalue weighted by molar-refractivity contribution is 5.21. The summed E-state index contributed by atoms with van der Waals surface area (Å²) in [4.78, 5) is 13.1. The monoisotopic (exact) mass is 140 g/mol. The van der Waals surface area contributed by atoms with E-state index in [4.69, 9.17) is 10.8 Å². The third kappa shape index (κ3) is 1.16. The lowest BCUT2D eigenvalue weighted by molar-refractivity contribution is 0.471. The first-order valence-electron chi connectivity index (χ1n) is 2.84. The van der Waals surface area contributed by atoms with Crippen LogP contribution in [0, 0.1) is 0 Å². The van der Waals surface area contributed by atoms with Gasteiger partial charge in [-0.25, -0.2) is 0 Å². The molecule has 1 aromatic rings. The third-order valence-corrected chi connectivity index (χ3v) is 1.18. The molecule has 1 heterocycles. The van der Waals surface area contributed by atoms with Crippen molar-refractivity contribution in [1.82, 2.24) is 4.98 Å². The van der Waals surface area contributed by atoms with Gasteiger partial charge in [-0.1, -0.05) is 0 Å². The van der Waals surface area contributed by atoms with E-state index >= 15 is 0 Å². The quantitative estimate of drug-likeness (QED) is 0.493. The SMILES string of the molecule is NCc1cc(O)c[nH]c1=O. The first-order valence-corrected chi connectivity index (χ1v) is 2.84. The summed E-state index contributed by atoms with van der Waals surface area (Å²) in [5.41, 5.74) is 5.33. The highest BCUT2D eigenvalue weighted by Crippen LogP contribution is 2.03. The number of H-pyrrole nitrogens is 1. The molecule has 0 aliphatic carbocycles. The molecule has 0 aromatic carbocycles. The van der Waals surface area contributed by atoms with E-state index in [1.807, 2.05) is 0 Å². The predicted octanol–water partition coefficient (Wildman–Crippen LogP) is -0.461. The molecule has 1 rings (SSSR count). The number of aromatic hydroxyl groups is 1. The molecule has 0 spiro atoms. The number of nitrogens with two attached hydrogens (primary N) is 1. The predicted molar refractivity (Wildman–Crippen MR) is 36.6 cm³/mol. The minimum absolute atomic E-state index is 0.0278. The number of nitrogens with one attached hydrogen (secondary N) is 1. The van der Waals surface area contributed by atoms with Crippen molar-refractivity contribution < 1.29 is 5.11 Å². The Morgan fingerprint density at radius 2 is 2.40 bits per heavy atom. The van der Waals surface area contributed by atoms with E-state index in [1.165, 1.54) is 12.3 Å². The molecule has 4 N–H and O–H groups in total. The first kappa shape index (κ1) is 6.82. The van der Waals surface area contributed by atoms with E-state index < -0.39 is 0 Å². The Kier molecular flexibility index (Phi) is 1.73. The van der Waals surface area contributed by atoms with Crippen molar-refractivity contribution in [1.29, 1.82) is 0 Å². The fourth-order valence-electron chi connectivity index (χ4n) is 0.670. The summed E-state index contributed by atoms with van der Waals surface area (Å²) in [6.45, 7) is 0.143. The zero-order chi connectivity index (χ0) is 7.56. The topological polar surface area (TPSA) is 79.1 Å². The molecule has 0 aliphatic heterocycles. The molecular weight excluding hydrogens is 132 g/mol. The highest BCUT2D eigenvalue weighted by Gasteiger charge is 1.96. The van der Waals surface area contributed by atoms with Gasteiger partial charge in [-0.05, 0) is 6.07 Å². The van der Waals surface area contributed by atoms with Crippen LogP contribution in [0.2, 0.25) is 0 Å². The second-order valence-electron chi connectivity index (χ2n) is 1.92. The van der Waals surface area contributed by atoms with Gasteiger partial charge in [0.25, 0.3) is 5.56 Å². The van der Waals surface area contributed by atoms with Gasteiger partial charge in [-0.3, -0.25) is 4.79 Å². The molecule has 0 unspecified atom stereocenters. The van der Waals surface area contributed by atoms with Crippen LogP contribution < -0.4 is 11.3 Å². The maximum atomic E-state index is 10.8. The number of pyridine rings is 1. The molecule has 1 aromatic heterocycles. The van der Waals surface area contributed by atoms with Gasteiger partial charge in [0.05, 0.1) is 0 Å². The van der Waals surface area contributed by atoms with Gasteiger partial charge in [0.1, 0.15) is 5.75 Å². The molecule has 0 amide bonds. The van der Waals surface area contributed by atoms with Crippen molar-refractivity contribution in [3.05, 3.63) is 28.2 Å². The molecule has 0 bridgehead atoms.